The molecule has 6 nitrogen and oxygen atoms in total. The summed E-state index contributed by atoms with van der Waals surface area (Å²) in [4.78, 5) is 11.6. The third-order valence-electron chi connectivity index (χ3n) is 1.75. The van der Waals surface area contributed by atoms with Crippen molar-refractivity contribution in [1.29, 1.82) is 0 Å². The van der Waals surface area contributed by atoms with Crippen molar-refractivity contribution in [2.75, 3.05) is 5.32 Å². The van der Waals surface area contributed by atoms with Crippen LogP contribution in [0.1, 0.15) is 10.6 Å². The normalized spacial score (nSPS) is 10.1. The SMILES string of the molecule is O=C(Nc1c(Br)cccc1Br)c1nn[nH]n1. The second-order valence-electron chi connectivity index (χ2n) is 2.79. The second-order valence-corrected chi connectivity index (χ2v) is 4.49. The lowest BCUT2D eigenvalue weighted by molar-refractivity contribution is 0.101. The molecule has 0 spiro atoms. The summed E-state index contributed by atoms with van der Waals surface area (Å²) in [6.07, 6.45) is 0. The zero-order chi connectivity index (χ0) is 11.5. The number of benzene rings is 1. The summed E-state index contributed by atoms with van der Waals surface area (Å²) in [5, 5.41) is 15.3. The Balaban J connectivity index is 2.25. The first-order valence-electron chi connectivity index (χ1n) is 4.17. The minimum absolute atomic E-state index is 0.0114. The predicted octanol–water partition coefficient (Wildman–Crippen LogP) is 1.98. The van der Waals surface area contributed by atoms with Gasteiger partial charge in [-0.3, -0.25) is 4.79 Å². The molecule has 1 amide bonds. The van der Waals surface area contributed by atoms with E-state index in [9.17, 15) is 4.79 Å². The van der Waals surface area contributed by atoms with Gasteiger partial charge < -0.3 is 5.32 Å². The Hall–Kier alpha value is -1.28. The predicted molar refractivity (Wildman–Crippen MR) is 64.0 cm³/mol. The van der Waals surface area contributed by atoms with Gasteiger partial charge in [-0.1, -0.05) is 6.07 Å². The molecule has 16 heavy (non-hydrogen) atoms. The summed E-state index contributed by atoms with van der Waals surface area (Å²) >= 11 is 6.66. The number of aromatic nitrogens is 4. The number of carbonyl (C=O) groups excluding carboxylic acids is 1. The number of carbonyl (C=O) groups is 1. The Labute approximate surface area is 107 Å². The van der Waals surface area contributed by atoms with Crippen molar-refractivity contribution in [2.45, 2.75) is 0 Å². The maximum atomic E-state index is 11.6. The van der Waals surface area contributed by atoms with Gasteiger partial charge in [-0.15, -0.1) is 10.2 Å². The highest BCUT2D eigenvalue weighted by molar-refractivity contribution is 9.11. The van der Waals surface area contributed by atoms with E-state index in [0.717, 1.165) is 8.95 Å². The van der Waals surface area contributed by atoms with E-state index in [0.29, 0.717) is 5.69 Å². The molecule has 1 heterocycles. The molecule has 0 aliphatic carbocycles. The lowest BCUT2D eigenvalue weighted by atomic mass is 10.3. The Morgan fingerprint density at radius 3 is 2.56 bits per heavy atom. The highest BCUT2D eigenvalue weighted by Crippen LogP contribution is 2.30. The number of anilines is 1. The smallest absolute Gasteiger partial charge is 0.297 e. The third kappa shape index (κ3) is 2.27. The van der Waals surface area contributed by atoms with E-state index in [-0.39, 0.29) is 5.82 Å². The van der Waals surface area contributed by atoms with Crippen molar-refractivity contribution in [1.82, 2.24) is 20.6 Å². The molecule has 82 valence electrons. The molecule has 0 saturated heterocycles. The number of nitrogens with one attached hydrogen (secondary N) is 2. The molecule has 0 aliphatic heterocycles. The van der Waals surface area contributed by atoms with Crippen molar-refractivity contribution < 1.29 is 4.79 Å². The van der Waals surface area contributed by atoms with Crippen LogP contribution in [0.2, 0.25) is 0 Å². The summed E-state index contributed by atoms with van der Waals surface area (Å²) in [5.41, 5.74) is 0.623. The summed E-state index contributed by atoms with van der Waals surface area (Å²) in [5.74, 6) is -0.441. The molecule has 2 N–H and O–H groups in total. The van der Waals surface area contributed by atoms with Crippen LogP contribution >= 0.6 is 31.9 Å². The number of para-hydroxylation sites is 1. The largest absolute Gasteiger partial charge is 0.317 e. The molecule has 0 radical (unpaired) electrons. The highest BCUT2D eigenvalue weighted by atomic mass is 79.9. The first-order valence-corrected chi connectivity index (χ1v) is 5.76. The van der Waals surface area contributed by atoms with Crippen molar-refractivity contribution in [3.8, 4) is 0 Å². The second kappa shape index (κ2) is 4.71. The Bertz CT molecular complexity index is 493. The van der Waals surface area contributed by atoms with E-state index in [1.165, 1.54) is 0 Å². The zero-order valence-corrected chi connectivity index (χ0v) is 10.9. The molecule has 0 saturated carbocycles. The van der Waals surface area contributed by atoms with Crippen LogP contribution in [-0.2, 0) is 0 Å². The van der Waals surface area contributed by atoms with Crippen molar-refractivity contribution in [3.05, 3.63) is 33.0 Å². The Morgan fingerprint density at radius 1 is 1.31 bits per heavy atom. The van der Waals surface area contributed by atoms with Gasteiger partial charge in [0.05, 0.1) is 5.69 Å². The van der Waals surface area contributed by atoms with E-state index >= 15 is 0 Å². The van der Waals surface area contributed by atoms with Crippen LogP contribution in [0.5, 0.6) is 0 Å². The number of hydrogen-bond donors (Lipinski definition) is 2. The molecule has 2 rings (SSSR count). The van der Waals surface area contributed by atoms with Crippen molar-refractivity contribution in [3.63, 3.8) is 0 Å². The molecule has 1 aromatic heterocycles. The maximum Gasteiger partial charge on any atom is 0.297 e. The number of amides is 1. The molecule has 2 aromatic rings. The number of tetrazole rings is 1. The summed E-state index contributed by atoms with van der Waals surface area (Å²) in [6.45, 7) is 0. The van der Waals surface area contributed by atoms with Crippen LogP contribution in [0, 0.1) is 0 Å². The van der Waals surface area contributed by atoms with Gasteiger partial charge in [-0.05, 0) is 49.2 Å². The topological polar surface area (TPSA) is 83.6 Å². The van der Waals surface area contributed by atoms with E-state index in [1.54, 1.807) is 0 Å². The summed E-state index contributed by atoms with van der Waals surface area (Å²) in [6, 6.07) is 5.48. The summed E-state index contributed by atoms with van der Waals surface area (Å²) in [7, 11) is 0. The van der Waals surface area contributed by atoms with Gasteiger partial charge in [0.15, 0.2) is 0 Å². The van der Waals surface area contributed by atoms with Gasteiger partial charge >= 0.3 is 0 Å². The quantitative estimate of drug-likeness (QED) is 0.870. The fourth-order valence-electron chi connectivity index (χ4n) is 1.04. The van der Waals surface area contributed by atoms with E-state index in [2.05, 4.69) is 57.8 Å². The number of nitrogens with zero attached hydrogens (tertiary/aromatic N) is 3. The number of halogens is 2. The van der Waals surface area contributed by atoms with Crippen LogP contribution in [-0.4, -0.2) is 26.5 Å². The summed E-state index contributed by atoms with van der Waals surface area (Å²) < 4.78 is 1.53. The zero-order valence-electron chi connectivity index (χ0n) is 7.74. The van der Waals surface area contributed by atoms with Gasteiger partial charge in [0, 0.05) is 8.95 Å². The van der Waals surface area contributed by atoms with Crippen molar-refractivity contribution in [2.24, 2.45) is 0 Å². The van der Waals surface area contributed by atoms with Crippen LogP contribution in [0.3, 0.4) is 0 Å². The average molecular weight is 347 g/mol. The Kier molecular flexibility index (Phi) is 3.30. The molecule has 8 heteroatoms. The number of aromatic amines is 1. The average Bonchev–Trinajstić information content (AvgIpc) is 2.76. The molecular formula is C8H5Br2N5O. The highest BCUT2D eigenvalue weighted by Gasteiger charge is 2.14. The molecule has 0 unspecified atom stereocenters. The minimum Gasteiger partial charge on any atom is -0.317 e. The van der Waals surface area contributed by atoms with Gasteiger partial charge in [0.25, 0.3) is 11.7 Å². The van der Waals surface area contributed by atoms with Crippen LogP contribution in [0.25, 0.3) is 0 Å². The molecular weight excluding hydrogens is 342 g/mol. The molecule has 1 aromatic carbocycles. The lowest BCUT2D eigenvalue weighted by Crippen LogP contribution is -2.14. The van der Waals surface area contributed by atoms with Crippen LogP contribution in [0.4, 0.5) is 5.69 Å². The monoisotopic (exact) mass is 345 g/mol. The lowest BCUT2D eigenvalue weighted by Gasteiger charge is -2.07. The molecule has 0 bridgehead atoms. The van der Waals surface area contributed by atoms with Crippen LogP contribution in [0.15, 0.2) is 27.1 Å². The number of H-pyrrole nitrogens is 1. The number of hydrogen-bond acceptors (Lipinski definition) is 4. The fraction of sp³-hybridized carbons (Fsp3) is 0. The van der Waals surface area contributed by atoms with Gasteiger partial charge in [-0.2, -0.15) is 5.21 Å². The van der Waals surface area contributed by atoms with E-state index in [1.807, 2.05) is 18.2 Å². The standard InChI is InChI=1S/C8H5Br2N5O/c9-4-2-1-3-5(10)6(4)11-8(16)7-12-14-15-13-7/h1-3H,(H,11,16)(H,12,13,14,15). The fourth-order valence-corrected chi connectivity index (χ4v) is 2.24. The van der Waals surface area contributed by atoms with Gasteiger partial charge in [-0.25, -0.2) is 0 Å². The number of rotatable bonds is 2. The maximum absolute atomic E-state index is 11.6. The van der Waals surface area contributed by atoms with E-state index < -0.39 is 5.91 Å². The van der Waals surface area contributed by atoms with Crippen molar-refractivity contribution >= 4 is 43.5 Å². The first-order chi connectivity index (χ1) is 7.68. The van der Waals surface area contributed by atoms with Gasteiger partial charge in [0.2, 0.25) is 0 Å². The first kappa shape index (κ1) is 11.2. The molecule has 0 fully saturated rings. The minimum atomic E-state index is -0.429. The molecule has 0 aliphatic rings. The third-order valence-corrected chi connectivity index (χ3v) is 3.07. The van der Waals surface area contributed by atoms with Gasteiger partial charge in [0.1, 0.15) is 0 Å². The Morgan fingerprint density at radius 2 is 2.00 bits per heavy atom. The van der Waals surface area contributed by atoms with Crippen LogP contribution < -0.4 is 5.32 Å². The molecule has 0 atom stereocenters. The van der Waals surface area contributed by atoms with E-state index in [4.69, 9.17) is 0 Å².